The molecule has 1 aromatic carbocycles. The van der Waals surface area contributed by atoms with Gasteiger partial charge in [0.05, 0.1) is 0 Å². The first kappa shape index (κ1) is 17.6. The normalized spacial score (nSPS) is 12.6. The third kappa shape index (κ3) is 8.40. The minimum Gasteiger partial charge on any atom is -0.444 e. The average molecular weight is 309 g/mol. The number of rotatable bonds is 5. The average Bonchev–Trinajstić information content (AvgIpc) is 2.34. The summed E-state index contributed by atoms with van der Waals surface area (Å²) in [7, 11) is 0. The number of alkyl carbamates (subject to hydrolysis) is 1. The van der Waals surface area contributed by atoms with Gasteiger partial charge in [-0.2, -0.15) is 0 Å². The van der Waals surface area contributed by atoms with E-state index in [0.717, 1.165) is 5.56 Å². The first-order valence-electron chi connectivity index (χ1n) is 6.93. The van der Waals surface area contributed by atoms with Crippen molar-refractivity contribution < 1.29 is 14.3 Å². The van der Waals surface area contributed by atoms with Crippen molar-refractivity contribution in [2.24, 2.45) is 0 Å². The van der Waals surface area contributed by atoms with Crippen LogP contribution < -0.4 is 5.32 Å². The van der Waals surface area contributed by atoms with Crippen LogP contribution in [0.15, 0.2) is 30.3 Å². The van der Waals surface area contributed by atoms with Gasteiger partial charge < -0.3 is 10.1 Å². The van der Waals surface area contributed by atoms with Crippen LogP contribution in [0.1, 0.15) is 33.3 Å². The first-order valence-corrected chi connectivity index (χ1v) is 7.91. The molecule has 21 heavy (non-hydrogen) atoms. The zero-order chi connectivity index (χ0) is 15.9. The lowest BCUT2D eigenvalue weighted by Gasteiger charge is -2.23. The third-order valence-corrected chi connectivity index (χ3v) is 3.51. The van der Waals surface area contributed by atoms with Gasteiger partial charge in [-0.05, 0) is 32.8 Å². The zero-order valence-electron chi connectivity index (χ0n) is 13.0. The van der Waals surface area contributed by atoms with Crippen molar-refractivity contribution in [1.82, 2.24) is 5.32 Å². The zero-order valence-corrected chi connectivity index (χ0v) is 13.8. The number of hydrogen-bond donors (Lipinski definition) is 1. The van der Waals surface area contributed by atoms with Crippen molar-refractivity contribution in [2.75, 3.05) is 5.75 Å². The van der Waals surface area contributed by atoms with Gasteiger partial charge in [0, 0.05) is 18.7 Å². The summed E-state index contributed by atoms with van der Waals surface area (Å²) in [5.41, 5.74) is 0.581. The summed E-state index contributed by atoms with van der Waals surface area (Å²) < 4.78 is 5.27. The number of nitrogens with one attached hydrogen (secondary N) is 1. The molecule has 1 aromatic rings. The van der Waals surface area contributed by atoms with Crippen LogP contribution in [0.5, 0.6) is 0 Å². The molecule has 5 heteroatoms. The topological polar surface area (TPSA) is 55.4 Å². The second kappa shape index (κ2) is 8.08. The van der Waals surface area contributed by atoms with Crippen LogP contribution in [-0.2, 0) is 16.0 Å². The fraction of sp³-hybridized carbons (Fsp3) is 0.500. The molecule has 0 aromatic heterocycles. The van der Waals surface area contributed by atoms with Gasteiger partial charge in [-0.25, -0.2) is 4.79 Å². The molecule has 0 radical (unpaired) electrons. The third-order valence-electron chi connectivity index (χ3n) is 2.53. The van der Waals surface area contributed by atoms with E-state index in [0.29, 0.717) is 12.2 Å². The molecule has 0 saturated carbocycles. The van der Waals surface area contributed by atoms with E-state index in [4.69, 9.17) is 4.74 Å². The predicted molar refractivity (Wildman–Crippen MR) is 86.4 cm³/mol. The molecular weight excluding hydrogens is 286 g/mol. The molecule has 0 aliphatic carbocycles. The Kier molecular flexibility index (Phi) is 6.75. The maximum atomic E-state index is 11.9. The molecule has 116 valence electrons. The Bertz CT molecular complexity index is 468. The van der Waals surface area contributed by atoms with Crippen LogP contribution in [0.3, 0.4) is 0 Å². The highest BCUT2D eigenvalue weighted by molar-refractivity contribution is 8.13. The van der Waals surface area contributed by atoms with Crippen molar-refractivity contribution in [3.05, 3.63) is 35.9 Å². The Morgan fingerprint density at radius 1 is 1.24 bits per heavy atom. The van der Waals surface area contributed by atoms with E-state index in [1.54, 1.807) is 0 Å². The highest BCUT2D eigenvalue weighted by Crippen LogP contribution is 2.12. The molecule has 0 aliphatic rings. The molecule has 0 unspecified atom stereocenters. The van der Waals surface area contributed by atoms with Gasteiger partial charge in [-0.15, -0.1) is 0 Å². The van der Waals surface area contributed by atoms with Gasteiger partial charge >= 0.3 is 6.09 Å². The smallest absolute Gasteiger partial charge is 0.407 e. The van der Waals surface area contributed by atoms with E-state index in [1.165, 1.54) is 18.7 Å². The number of amides is 1. The second-order valence-electron chi connectivity index (χ2n) is 5.84. The van der Waals surface area contributed by atoms with Crippen molar-refractivity contribution >= 4 is 23.0 Å². The molecule has 0 saturated heterocycles. The lowest BCUT2D eigenvalue weighted by Crippen LogP contribution is -2.41. The SMILES string of the molecule is CC(=O)SC[C@H](Cc1ccccc1)NC(=O)OC(C)(C)C. The maximum absolute atomic E-state index is 11.9. The van der Waals surface area contributed by atoms with Gasteiger partial charge in [0.2, 0.25) is 0 Å². The summed E-state index contributed by atoms with van der Waals surface area (Å²) in [4.78, 5) is 23.0. The molecule has 1 rings (SSSR count). The summed E-state index contributed by atoms with van der Waals surface area (Å²) in [5, 5.41) is 2.88. The molecule has 0 heterocycles. The van der Waals surface area contributed by atoms with Gasteiger partial charge in [0.1, 0.15) is 5.60 Å². The summed E-state index contributed by atoms with van der Waals surface area (Å²) in [5.74, 6) is 0.531. The highest BCUT2D eigenvalue weighted by Gasteiger charge is 2.20. The fourth-order valence-corrected chi connectivity index (χ4v) is 2.38. The number of hydrogen-bond acceptors (Lipinski definition) is 4. The number of carbonyl (C=O) groups excluding carboxylic acids is 2. The summed E-state index contributed by atoms with van der Waals surface area (Å²) >= 11 is 1.21. The predicted octanol–water partition coefficient (Wildman–Crippen LogP) is 3.40. The fourth-order valence-electron chi connectivity index (χ4n) is 1.74. The van der Waals surface area contributed by atoms with Crippen molar-refractivity contribution in [3.8, 4) is 0 Å². The van der Waals surface area contributed by atoms with Crippen molar-refractivity contribution in [1.29, 1.82) is 0 Å². The minimum atomic E-state index is -0.533. The lowest BCUT2D eigenvalue weighted by atomic mass is 10.1. The van der Waals surface area contributed by atoms with E-state index >= 15 is 0 Å². The monoisotopic (exact) mass is 309 g/mol. The number of ether oxygens (including phenoxy) is 1. The van der Waals surface area contributed by atoms with Crippen LogP contribution in [0.25, 0.3) is 0 Å². The Labute approximate surface area is 130 Å². The van der Waals surface area contributed by atoms with E-state index in [9.17, 15) is 9.59 Å². The highest BCUT2D eigenvalue weighted by atomic mass is 32.2. The largest absolute Gasteiger partial charge is 0.444 e. The molecule has 0 bridgehead atoms. The minimum absolute atomic E-state index is 0.0408. The maximum Gasteiger partial charge on any atom is 0.407 e. The van der Waals surface area contributed by atoms with Crippen LogP contribution in [0.2, 0.25) is 0 Å². The first-order chi connectivity index (χ1) is 9.76. The van der Waals surface area contributed by atoms with E-state index in [-0.39, 0.29) is 11.2 Å². The lowest BCUT2D eigenvalue weighted by molar-refractivity contribution is -0.109. The van der Waals surface area contributed by atoms with Crippen molar-refractivity contribution in [2.45, 2.75) is 45.8 Å². The van der Waals surface area contributed by atoms with Gasteiger partial charge in [-0.3, -0.25) is 4.79 Å². The Hall–Kier alpha value is -1.49. The molecule has 0 aliphatic heterocycles. The van der Waals surface area contributed by atoms with Crippen LogP contribution >= 0.6 is 11.8 Å². The van der Waals surface area contributed by atoms with Crippen molar-refractivity contribution in [3.63, 3.8) is 0 Å². The van der Waals surface area contributed by atoms with Crippen LogP contribution in [-0.4, -0.2) is 28.6 Å². The quantitative estimate of drug-likeness (QED) is 0.905. The standard InChI is InChI=1S/C16H23NO3S/c1-12(18)21-11-14(10-13-8-6-5-7-9-13)17-15(19)20-16(2,3)4/h5-9,14H,10-11H2,1-4H3,(H,17,19)/t14-/m0/s1. The van der Waals surface area contributed by atoms with E-state index < -0.39 is 11.7 Å². The van der Waals surface area contributed by atoms with Gasteiger partial charge in [0.25, 0.3) is 0 Å². The number of carbonyl (C=O) groups is 2. The number of benzene rings is 1. The Morgan fingerprint density at radius 2 is 1.86 bits per heavy atom. The molecule has 1 atom stereocenters. The second-order valence-corrected chi connectivity index (χ2v) is 7.03. The summed E-state index contributed by atoms with van der Waals surface area (Å²) in [6.07, 6.45) is 0.216. The molecule has 0 fully saturated rings. The van der Waals surface area contributed by atoms with Gasteiger partial charge in [0.15, 0.2) is 5.12 Å². The Balaban J connectivity index is 2.63. The summed E-state index contributed by atoms with van der Waals surface area (Å²) in [6, 6.07) is 9.72. The molecule has 1 amide bonds. The van der Waals surface area contributed by atoms with Crippen LogP contribution in [0.4, 0.5) is 4.79 Å². The van der Waals surface area contributed by atoms with Crippen LogP contribution in [0, 0.1) is 0 Å². The van der Waals surface area contributed by atoms with E-state index in [2.05, 4.69) is 5.32 Å². The molecule has 4 nitrogen and oxygen atoms in total. The Morgan fingerprint density at radius 3 is 2.38 bits per heavy atom. The molecule has 0 spiro atoms. The summed E-state index contributed by atoms with van der Waals surface area (Å²) in [6.45, 7) is 6.99. The molecular formula is C16H23NO3S. The van der Waals surface area contributed by atoms with E-state index in [1.807, 2.05) is 51.1 Å². The number of thioether (sulfide) groups is 1. The van der Waals surface area contributed by atoms with Gasteiger partial charge in [-0.1, -0.05) is 42.1 Å². The molecule has 1 N–H and O–H groups in total.